The molecule has 1 atom stereocenters. The van der Waals surface area contributed by atoms with E-state index in [1.165, 1.54) is 7.11 Å². The molecule has 0 aliphatic rings. The van der Waals surface area contributed by atoms with Crippen molar-refractivity contribution in [3.8, 4) is 11.5 Å². The van der Waals surface area contributed by atoms with E-state index in [2.05, 4.69) is 10.6 Å². The van der Waals surface area contributed by atoms with Gasteiger partial charge in [-0.2, -0.15) is 0 Å². The Morgan fingerprint density at radius 3 is 2.46 bits per heavy atom. The third kappa shape index (κ3) is 4.74. The van der Waals surface area contributed by atoms with Gasteiger partial charge in [-0.3, -0.25) is 4.79 Å². The van der Waals surface area contributed by atoms with Crippen molar-refractivity contribution < 1.29 is 19.1 Å². The summed E-state index contributed by atoms with van der Waals surface area (Å²) >= 11 is 0. The fourth-order valence-electron chi connectivity index (χ4n) is 2.03. The van der Waals surface area contributed by atoms with E-state index in [1.807, 2.05) is 19.1 Å². The number of nitrogens with one attached hydrogen (secondary N) is 2. The van der Waals surface area contributed by atoms with Gasteiger partial charge in [-0.15, -0.1) is 0 Å². The summed E-state index contributed by atoms with van der Waals surface area (Å²) in [5.41, 5.74) is 1.53. The molecular weight excluding hydrogens is 308 g/mol. The summed E-state index contributed by atoms with van der Waals surface area (Å²) in [6.07, 6.45) is -0.694. The number of benzene rings is 2. The fourth-order valence-corrected chi connectivity index (χ4v) is 2.03. The number of carbonyl (C=O) groups is 2. The number of rotatable bonds is 5. The summed E-state index contributed by atoms with van der Waals surface area (Å²) in [7, 11) is 1.53. The lowest BCUT2D eigenvalue weighted by atomic mass is 10.2. The molecule has 2 N–H and O–H groups in total. The Bertz CT molecular complexity index is 716. The van der Waals surface area contributed by atoms with Crippen molar-refractivity contribution in [2.24, 2.45) is 0 Å². The van der Waals surface area contributed by atoms with E-state index in [1.54, 1.807) is 43.3 Å². The summed E-state index contributed by atoms with van der Waals surface area (Å²) in [5, 5.41) is 5.22. The number of carbonyl (C=O) groups excluding carboxylic acids is 2. The smallest absolute Gasteiger partial charge is 0.413 e. The zero-order valence-electron chi connectivity index (χ0n) is 13.8. The highest BCUT2D eigenvalue weighted by Crippen LogP contribution is 2.25. The third-order valence-electron chi connectivity index (χ3n) is 3.29. The molecule has 24 heavy (non-hydrogen) atoms. The number of aryl methyl sites for hydroxylation is 1. The first-order valence-electron chi connectivity index (χ1n) is 7.48. The summed E-state index contributed by atoms with van der Waals surface area (Å²) < 4.78 is 10.3. The van der Waals surface area contributed by atoms with Crippen molar-refractivity contribution in [2.75, 3.05) is 12.4 Å². The van der Waals surface area contributed by atoms with Gasteiger partial charge in [-0.25, -0.2) is 4.79 Å². The van der Waals surface area contributed by atoms with Gasteiger partial charge in [-0.1, -0.05) is 24.3 Å². The molecule has 0 fully saturated rings. The van der Waals surface area contributed by atoms with E-state index >= 15 is 0 Å². The first-order valence-corrected chi connectivity index (χ1v) is 7.48. The first kappa shape index (κ1) is 17.3. The van der Waals surface area contributed by atoms with Crippen LogP contribution in [0.5, 0.6) is 11.5 Å². The highest BCUT2D eigenvalue weighted by atomic mass is 16.6. The summed E-state index contributed by atoms with van der Waals surface area (Å²) in [5.74, 6) is 0.583. The second kappa shape index (κ2) is 8.01. The van der Waals surface area contributed by atoms with Crippen molar-refractivity contribution in [1.29, 1.82) is 0 Å². The molecular formula is C18H20N2O4. The highest BCUT2D eigenvalue weighted by Gasteiger charge is 2.18. The van der Waals surface area contributed by atoms with Gasteiger partial charge in [0.25, 0.3) is 0 Å². The number of hydrogen-bond donors (Lipinski definition) is 2. The molecule has 0 saturated heterocycles. The maximum absolute atomic E-state index is 12.2. The van der Waals surface area contributed by atoms with Crippen LogP contribution in [0.3, 0.4) is 0 Å². The number of methoxy groups -OCH3 is 1. The monoisotopic (exact) mass is 328 g/mol. The topological polar surface area (TPSA) is 76.7 Å². The summed E-state index contributed by atoms with van der Waals surface area (Å²) in [6, 6.07) is 13.3. The van der Waals surface area contributed by atoms with Gasteiger partial charge in [0, 0.05) is 0 Å². The van der Waals surface area contributed by atoms with Crippen LogP contribution in [0.25, 0.3) is 0 Å². The Balaban J connectivity index is 1.95. The lowest BCUT2D eigenvalue weighted by Gasteiger charge is -2.16. The molecule has 6 nitrogen and oxygen atoms in total. The van der Waals surface area contributed by atoms with Crippen molar-refractivity contribution in [3.63, 3.8) is 0 Å². The number of para-hydroxylation sites is 1. The molecule has 0 unspecified atom stereocenters. The SMILES string of the molecule is COc1ccc(C)cc1NC(=O)[C@H](C)NC(=O)Oc1ccccc1. The zero-order valence-corrected chi connectivity index (χ0v) is 13.8. The van der Waals surface area contributed by atoms with Crippen LogP contribution in [0, 0.1) is 6.92 Å². The minimum atomic E-state index is -0.772. The Morgan fingerprint density at radius 1 is 1.08 bits per heavy atom. The molecule has 0 aliphatic heterocycles. The minimum absolute atomic E-state index is 0.371. The van der Waals surface area contributed by atoms with Crippen LogP contribution < -0.4 is 20.1 Å². The molecule has 0 radical (unpaired) electrons. The van der Waals surface area contributed by atoms with Crippen LogP contribution in [0.15, 0.2) is 48.5 Å². The molecule has 2 aromatic rings. The average Bonchev–Trinajstić information content (AvgIpc) is 2.55. The van der Waals surface area contributed by atoms with Gasteiger partial charge in [0.2, 0.25) is 5.91 Å². The van der Waals surface area contributed by atoms with Gasteiger partial charge < -0.3 is 20.1 Å². The number of ether oxygens (including phenoxy) is 2. The van der Waals surface area contributed by atoms with Crippen LogP contribution in [0.4, 0.5) is 10.5 Å². The third-order valence-corrected chi connectivity index (χ3v) is 3.29. The van der Waals surface area contributed by atoms with Crippen LogP contribution >= 0.6 is 0 Å². The van der Waals surface area contributed by atoms with E-state index in [-0.39, 0.29) is 5.91 Å². The Hall–Kier alpha value is -3.02. The highest BCUT2D eigenvalue weighted by molar-refractivity contribution is 5.97. The molecule has 0 aliphatic carbocycles. The molecule has 0 aromatic heterocycles. The molecule has 6 heteroatoms. The molecule has 0 heterocycles. The lowest BCUT2D eigenvalue weighted by Crippen LogP contribution is -2.42. The predicted octanol–water partition coefficient (Wildman–Crippen LogP) is 3.12. The molecule has 2 aromatic carbocycles. The molecule has 0 saturated carbocycles. The largest absolute Gasteiger partial charge is 0.495 e. The molecule has 0 bridgehead atoms. The van der Waals surface area contributed by atoms with Crippen molar-refractivity contribution in [1.82, 2.24) is 5.32 Å². The number of amides is 2. The fraction of sp³-hybridized carbons (Fsp3) is 0.222. The number of hydrogen-bond acceptors (Lipinski definition) is 4. The van der Waals surface area contributed by atoms with E-state index in [0.717, 1.165) is 5.56 Å². The normalized spacial score (nSPS) is 11.3. The molecule has 2 rings (SSSR count). The van der Waals surface area contributed by atoms with Crippen molar-refractivity contribution in [3.05, 3.63) is 54.1 Å². The minimum Gasteiger partial charge on any atom is -0.495 e. The molecule has 0 spiro atoms. The van der Waals surface area contributed by atoms with E-state index in [4.69, 9.17) is 9.47 Å². The van der Waals surface area contributed by atoms with Gasteiger partial charge >= 0.3 is 6.09 Å². The quantitative estimate of drug-likeness (QED) is 0.884. The Morgan fingerprint density at radius 2 is 1.79 bits per heavy atom. The second-order valence-corrected chi connectivity index (χ2v) is 5.26. The van der Waals surface area contributed by atoms with Gasteiger partial charge in [-0.05, 0) is 43.7 Å². The summed E-state index contributed by atoms with van der Waals surface area (Å²) in [6.45, 7) is 3.48. The average molecular weight is 328 g/mol. The number of anilines is 1. The van der Waals surface area contributed by atoms with E-state index < -0.39 is 12.1 Å². The maximum atomic E-state index is 12.2. The Labute approximate surface area is 140 Å². The van der Waals surface area contributed by atoms with Crippen molar-refractivity contribution >= 4 is 17.7 Å². The Kier molecular flexibility index (Phi) is 5.78. The predicted molar refractivity (Wildman–Crippen MR) is 91.4 cm³/mol. The standard InChI is InChI=1S/C18H20N2O4/c1-12-9-10-16(23-3)15(11-12)20-17(21)13(2)19-18(22)24-14-7-5-4-6-8-14/h4-11,13H,1-3H3,(H,19,22)(H,20,21)/t13-/m0/s1. The molecule has 126 valence electrons. The molecule has 2 amide bonds. The second-order valence-electron chi connectivity index (χ2n) is 5.26. The van der Waals surface area contributed by atoms with Crippen LogP contribution in [-0.4, -0.2) is 25.2 Å². The van der Waals surface area contributed by atoms with Crippen LogP contribution in [0.2, 0.25) is 0 Å². The van der Waals surface area contributed by atoms with Gasteiger partial charge in [0.05, 0.1) is 12.8 Å². The van der Waals surface area contributed by atoms with E-state index in [0.29, 0.717) is 17.2 Å². The van der Waals surface area contributed by atoms with Crippen LogP contribution in [-0.2, 0) is 4.79 Å². The van der Waals surface area contributed by atoms with Crippen molar-refractivity contribution in [2.45, 2.75) is 19.9 Å². The first-order chi connectivity index (χ1) is 11.5. The van der Waals surface area contributed by atoms with Gasteiger partial charge in [0.15, 0.2) is 0 Å². The van der Waals surface area contributed by atoms with Gasteiger partial charge in [0.1, 0.15) is 17.5 Å². The lowest BCUT2D eigenvalue weighted by molar-refractivity contribution is -0.117. The zero-order chi connectivity index (χ0) is 17.5. The van der Waals surface area contributed by atoms with E-state index in [9.17, 15) is 9.59 Å². The van der Waals surface area contributed by atoms with Crippen LogP contribution in [0.1, 0.15) is 12.5 Å². The maximum Gasteiger partial charge on any atom is 0.413 e. The summed E-state index contributed by atoms with van der Waals surface area (Å²) in [4.78, 5) is 24.1.